The van der Waals surface area contributed by atoms with Crippen LogP contribution in [0.5, 0.6) is 0 Å². The van der Waals surface area contributed by atoms with E-state index in [9.17, 15) is 13.2 Å². The maximum Gasteiger partial charge on any atom is 0.244 e. The highest BCUT2D eigenvalue weighted by molar-refractivity contribution is 7.89. The lowest BCUT2D eigenvalue weighted by atomic mass is 9.97. The molecule has 0 fully saturated rings. The molecule has 22 heavy (non-hydrogen) atoms. The van der Waals surface area contributed by atoms with E-state index in [0.29, 0.717) is 6.42 Å². The first-order valence-electron chi connectivity index (χ1n) is 7.05. The molecule has 0 amide bonds. The molecule has 3 rings (SSSR count). The first kappa shape index (κ1) is 14.9. The molecule has 4 nitrogen and oxygen atoms in total. The Kier molecular flexibility index (Phi) is 3.85. The third kappa shape index (κ3) is 2.58. The number of fused-ring (bicyclic) bond motifs is 1. The van der Waals surface area contributed by atoms with Crippen molar-refractivity contribution in [1.29, 1.82) is 0 Å². The topological polar surface area (TPSA) is 54.5 Å². The van der Waals surface area contributed by atoms with Crippen molar-refractivity contribution in [3.8, 4) is 0 Å². The third-order valence-electron chi connectivity index (χ3n) is 3.97. The van der Waals surface area contributed by atoms with Crippen LogP contribution in [-0.4, -0.2) is 25.1 Å². The van der Waals surface area contributed by atoms with Gasteiger partial charge in [0.25, 0.3) is 0 Å². The van der Waals surface area contributed by atoms with E-state index in [2.05, 4.69) is 0 Å². The van der Waals surface area contributed by atoms with Crippen molar-refractivity contribution in [3.63, 3.8) is 0 Å². The first-order chi connectivity index (χ1) is 10.5. The van der Waals surface area contributed by atoms with Gasteiger partial charge in [-0.1, -0.05) is 42.0 Å². The summed E-state index contributed by atoms with van der Waals surface area (Å²) >= 11 is 0. The summed E-state index contributed by atoms with van der Waals surface area (Å²) in [6, 6.07) is 13.5. The minimum absolute atomic E-state index is 0.201. The van der Waals surface area contributed by atoms with Crippen molar-refractivity contribution in [2.24, 2.45) is 0 Å². The molecule has 0 unspecified atom stereocenters. The summed E-state index contributed by atoms with van der Waals surface area (Å²) in [4.78, 5) is 11.5. The number of nitrogens with zero attached hydrogens (tertiary/aromatic N) is 1. The molecule has 0 spiro atoms. The van der Waals surface area contributed by atoms with Gasteiger partial charge in [0, 0.05) is 6.54 Å². The summed E-state index contributed by atoms with van der Waals surface area (Å²) < 4.78 is 26.9. The molecule has 0 bridgehead atoms. The summed E-state index contributed by atoms with van der Waals surface area (Å²) in [5.74, 6) is 0. The Balaban J connectivity index is 2.02. The molecule has 2 aromatic rings. The number of hydrogen-bond acceptors (Lipinski definition) is 3. The Morgan fingerprint density at radius 2 is 1.68 bits per heavy atom. The van der Waals surface area contributed by atoms with Crippen LogP contribution < -0.4 is 0 Å². The quantitative estimate of drug-likeness (QED) is 0.873. The predicted octanol–water partition coefficient (Wildman–Crippen LogP) is 2.22. The number of rotatable bonds is 3. The lowest BCUT2D eigenvalue weighted by Gasteiger charge is -2.32. The van der Waals surface area contributed by atoms with Crippen molar-refractivity contribution in [2.75, 3.05) is 0 Å². The zero-order valence-corrected chi connectivity index (χ0v) is 13.0. The largest absolute Gasteiger partial charge is 0.289 e. The van der Waals surface area contributed by atoms with Gasteiger partial charge < -0.3 is 0 Å². The minimum Gasteiger partial charge on any atom is -0.289 e. The molecule has 0 aliphatic carbocycles. The summed E-state index contributed by atoms with van der Waals surface area (Å²) in [5.41, 5.74) is 2.93. The van der Waals surface area contributed by atoms with Crippen LogP contribution in [0.4, 0.5) is 0 Å². The summed E-state index contributed by atoms with van der Waals surface area (Å²) in [7, 11) is -3.71. The second-order valence-corrected chi connectivity index (χ2v) is 7.36. The Bertz CT molecular complexity index is 797. The minimum atomic E-state index is -3.71. The highest BCUT2D eigenvalue weighted by Crippen LogP contribution is 2.28. The van der Waals surface area contributed by atoms with E-state index in [4.69, 9.17) is 0 Å². The van der Waals surface area contributed by atoms with E-state index >= 15 is 0 Å². The fourth-order valence-corrected chi connectivity index (χ4v) is 4.21. The molecule has 1 atom stereocenters. The van der Waals surface area contributed by atoms with Crippen molar-refractivity contribution >= 4 is 16.3 Å². The highest BCUT2D eigenvalue weighted by atomic mass is 32.2. The lowest BCUT2D eigenvalue weighted by molar-refractivity contribution is 0.338. The van der Waals surface area contributed by atoms with E-state index in [-0.39, 0.29) is 11.4 Å². The molecule has 113 valence electrons. The van der Waals surface area contributed by atoms with Crippen LogP contribution in [0.1, 0.15) is 16.7 Å². The lowest BCUT2D eigenvalue weighted by Crippen LogP contribution is -2.45. The van der Waals surface area contributed by atoms with E-state index < -0.39 is 16.1 Å². The molecule has 2 aromatic carbocycles. The highest BCUT2D eigenvalue weighted by Gasteiger charge is 2.35. The zero-order valence-electron chi connectivity index (χ0n) is 12.2. The smallest absolute Gasteiger partial charge is 0.244 e. The van der Waals surface area contributed by atoms with Gasteiger partial charge in [-0.2, -0.15) is 4.31 Å². The van der Waals surface area contributed by atoms with E-state index in [1.54, 1.807) is 24.3 Å². The Morgan fingerprint density at radius 1 is 1.05 bits per heavy atom. The zero-order chi connectivity index (χ0) is 15.7. The van der Waals surface area contributed by atoms with Crippen molar-refractivity contribution in [3.05, 3.63) is 65.2 Å². The molecule has 0 aromatic heterocycles. The van der Waals surface area contributed by atoms with Crippen molar-refractivity contribution in [1.82, 2.24) is 4.31 Å². The van der Waals surface area contributed by atoms with Crippen LogP contribution >= 0.6 is 0 Å². The normalized spacial score (nSPS) is 18.7. The van der Waals surface area contributed by atoms with Gasteiger partial charge in [-0.15, -0.1) is 0 Å². The Morgan fingerprint density at radius 3 is 2.32 bits per heavy atom. The standard InChI is InChI=1S/C17H16NO3S/c1-13-6-8-17(9-7-13)22(20,21)18-11-15-5-3-2-4-14(15)10-16(18)12-19/h2-9,16H,10-11H2,1H3/t16-/m0/s1. The van der Waals surface area contributed by atoms with Gasteiger partial charge in [-0.25, -0.2) is 8.42 Å². The molecule has 0 saturated heterocycles. The number of benzene rings is 2. The van der Waals surface area contributed by atoms with E-state index in [1.807, 2.05) is 37.5 Å². The average Bonchev–Trinajstić information content (AvgIpc) is 2.54. The maximum atomic E-state index is 12.8. The van der Waals surface area contributed by atoms with Gasteiger partial charge in [-0.05, 0) is 36.6 Å². The molecule has 1 aliphatic rings. The molecular formula is C17H16NO3S. The second kappa shape index (κ2) is 5.66. The number of hydrogen-bond donors (Lipinski definition) is 0. The number of carbonyl (C=O) groups excluding carboxylic acids is 1. The first-order valence-corrected chi connectivity index (χ1v) is 8.49. The average molecular weight is 314 g/mol. The molecule has 1 radical (unpaired) electrons. The Hall–Kier alpha value is -1.98. The molecule has 5 heteroatoms. The van der Waals surface area contributed by atoms with Crippen LogP contribution in [0.3, 0.4) is 0 Å². The van der Waals surface area contributed by atoms with Gasteiger partial charge >= 0.3 is 0 Å². The molecule has 0 saturated carbocycles. The fourth-order valence-electron chi connectivity index (χ4n) is 2.70. The SMILES string of the molecule is Cc1ccc(S(=O)(=O)N2Cc3ccccc3C[C@H]2[C]=O)cc1. The third-order valence-corrected chi connectivity index (χ3v) is 5.84. The van der Waals surface area contributed by atoms with Gasteiger partial charge in [0.15, 0.2) is 0 Å². The molecule has 1 heterocycles. The Labute approximate surface area is 130 Å². The molecular weight excluding hydrogens is 298 g/mol. The summed E-state index contributed by atoms with van der Waals surface area (Å²) in [5, 5.41) is 0. The van der Waals surface area contributed by atoms with Crippen molar-refractivity contribution in [2.45, 2.75) is 30.8 Å². The van der Waals surface area contributed by atoms with Crippen molar-refractivity contribution < 1.29 is 13.2 Å². The van der Waals surface area contributed by atoms with E-state index in [0.717, 1.165) is 16.7 Å². The molecule has 0 N–H and O–H groups in total. The number of sulfonamides is 1. The summed E-state index contributed by atoms with van der Waals surface area (Å²) in [6.07, 6.45) is 2.24. The summed E-state index contributed by atoms with van der Waals surface area (Å²) in [6.45, 7) is 2.10. The van der Waals surface area contributed by atoms with Crippen LogP contribution in [0.25, 0.3) is 0 Å². The van der Waals surface area contributed by atoms with Crippen LogP contribution in [-0.2, 0) is 27.8 Å². The van der Waals surface area contributed by atoms with Crippen LogP contribution in [0.15, 0.2) is 53.4 Å². The van der Waals surface area contributed by atoms with Gasteiger partial charge in [0.1, 0.15) is 0 Å². The van der Waals surface area contributed by atoms with Gasteiger partial charge in [0.2, 0.25) is 16.3 Å². The van der Waals surface area contributed by atoms with Crippen LogP contribution in [0.2, 0.25) is 0 Å². The van der Waals surface area contributed by atoms with Gasteiger partial charge in [-0.3, -0.25) is 4.79 Å². The van der Waals surface area contributed by atoms with E-state index in [1.165, 1.54) is 4.31 Å². The second-order valence-electron chi connectivity index (χ2n) is 5.47. The van der Waals surface area contributed by atoms with Crippen LogP contribution in [0, 0.1) is 6.92 Å². The fraction of sp³-hybridized carbons (Fsp3) is 0.235. The maximum absolute atomic E-state index is 12.8. The molecule has 1 aliphatic heterocycles. The monoisotopic (exact) mass is 314 g/mol. The predicted molar refractivity (Wildman–Crippen MR) is 83.5 cm³/mol. The van der Waals surface area contributed by atoms with Gasteiger partial charge in [0.05, 0.1) is 10.9 Å². The number of aryl methyl sites for hydroxylation is 1.